The Morgan fingerprint density at radius 1 is 0.944 bits per heavy atom. The van der Waals surface area contributed by atoms with Crippen molar-refractivity contribution in [1.29, 1.82) is 0 Å². The molecule has 0 bridgehead atoms. The Kier molecular flexibility index (Phi) is 5.18. The van der Waals surface area contributed by atoms with Crippen LogP contribution in [0.5, 0.6) is 0 Å². The lowest BCUT2D eigenvalue weighted by atomic mass is 10.1. The number of hydrogen-bond acceptors (Lipinski definition) is 7. The fourth-order valence-electron chi connectivity index (χ4n) is 3.96. The van der Waals surface area contributed by atoms with Gasteiger partial charge in [0.25, 0.3) is 0 Å². The van der Waals surface area contributed by atoms with Crippen LogP contribution >= 0.6 is 0 Å². The molecule has 10 nitrogen and oxygen atoms in total. The number of carbonyl (C=O) groups is 1. The summed E-state index contributed by atoms with van der Waals surface area (Å²) in [5, 5.41) is 11.1. The molecule has 0 saturated heterocycles. The van der Waals surface area contributed by atoms with Gasteiger partial charge in [-0.2, -0.15) is 5.10 Å². The second-order valence-corrected chi connectivity index (χ2v) is 8.68. The highest BCUT2D eigenvalue weighted by Crippen LogP contribution is 2.31. The average Bonchev–Trinajstić information content (AvgIpc) is 3.53. The highest BCUT2D eigenvalue weighted by molar-refractivity contribution is 5.96. The van der Waals surface area contributed by atoms with E-state index in [0.717, 1.165) is 38.8 Å². The fraction of sp³-hybridized carbons (Fsp3) is 0.115. The Labute approximate surface area is 205 Å². The molecule has 0 radical (unpaired) electrons. The fourth-order valence-corrected chi connectivity index (χ4v) is 3.96. The van der Waals surface area contributed by atoms with Gasteiger partial charge in [0.15, 0.2) is 11.5 Å². The summed E-state index contributed by atoms with van der Waals surface area (Å²) >= 11 is 0. The summed E-state index contributed by atoms with van der Waals surface area (Å²) in [7, 11) is 0. The zero-order chi connectivity index (χ0) is 24.6. The van der Waals surface area contributed by atoms with Crippen molar-refractivity contribution in [2.75, 3.05) is 5.32 Å². The zero-order valence-corrected chi connectivity index (χ0v) is 19.5. The Hall–Kier alpha value is -4.99. The van der Waals surface area contributed by atoms with E-state index in [1.54, 1.807) is 37.2 Å². The van der Waals surface area contributed by atoms with Crippen molar-refractivity contribution in [3.8, 4) is 33.9 Å². The first-order valence-electron chi connectivity index (χ1n) is 11.4. The molecule has 0 atom stereocenters. The number of anilines is 1. The summed E-state index contributed by atoms with van der Waals surface area (Å²) in [6, 6.07) is 9.58. The van der Waals surface area contributed by atoms with E-state index < -0.39 is 0 Å². The van der Waals surface area contributed by atoms with Crippen molar-refractivity contribution in [2.24, 2.45) is 5.92 Å². The van der Waals surface area contributed by atoms with Crippen molar-refractivity contribution < 1.29 is 4.79 Å². The van der Waals surface area contributed by atoms with Crippen LogP contribution in [0.25, 0.3) is 56.0 Å². The first-order chi connectivity index (χ1) is 17.6. The van der Waals surface area contributed by atoms with Crippen molar-refractivity contribution in [2.45, 2.75) is 13.8 Å². The number of imidazole rings is 1. The molecular weight excluding hydrogens is 454 g/mol. The van der Waals surface area contributed by atoms with E-state index in [4.69, 9.17) is 4.98 Å². The molecule has 3 N–H and O–H groups in total. The van der Waals surface area contributed by atoms with Gasteiger partial charge in [-0.15, -0.1) is 0 Å². The Morgan fingerprint density at radius 3 is 2.64 bits per heavy atom. The van der Waals surface area contributed by atoms with Crippen LogP contribution < -0.4 is 5.32 Å². The van der Waals surface area contributed by atoms with Crippen molar-refractivity contribution in [3.63, 3.8) is 0 Å². The van der Waals surface area contributed by atoms with Crippen LogP contribution in [0.3, 0.4) is 0 Å². The smallest absolute Gasteiger partial charge is 0.226 e. The van der Waals surface area contributed by atoms with Crippen molar-refractivity contribution in [1.82, 2.24) is 40.1 Å². The monoisotopic (exact) mass is 475 g/mol. The standard InChI is InChI=1S/C26H21N9O/c1-14(2)26(36)31-18-8-16(11-28-13-18)17-9-19-22(34-35-24(19)30-12-17)25-32-20-5-7-29-21(23(20)33-25)15-4-3-6-27-10-15/h3-14H,1-2H3,(H,31,36)(H,32,33)(H,30,34,35). The molecule has 1 amide bonds. The average molecular weight is 476 g/mol. The number of carbonyl (C=O) groups excluding carboxylic acids is 1. The first kappa shape index (κ1) is 21.5. The number of aromatic nitrogens is 8. The molecule has 0 aliphatic carbocycles. The van der Waals surface area contributed by atoms with Gasteiger partial charge in [-0.1, -0.05) is 13.8 Å². The van der Waals surface area contributed by atoms with Crippen LogP contribution in [0.1, 0.15) is 13.8 Å². The second-order valence-electron chi connectivity index (χ2n) is 8.68. The summed E-state index contributed by atoms with van der Waals surface area (Å²) in [4.78, 5) is 37.9. The Morgan fingerprint density at radius 2 is 1.81 bits per heavy atom. The number of amides is 1. The third-order valence-electron chi connectivity index (χ3n) is 5.85. The van der Waals surface area contributed by atoms with E-state index in [-0.39, 0.29) is 11.8 Å². The lowest BCUT2D eigenvalue weighted by Crippen LogP contribution is -2.17. The molecule has 176 valence electrons. The summed E-state index contributed by atoms with van der Waals surface area (Å²) in [6.07, 6.45) is 10.3. The molecule has 6 rings (SSSR count). The van der Waals surface area contributed by atoms with Gasteiger partial charge in [0.05, 0.1) is 28.5 Å². The molecule has 0 fully saturated rings. The minimum atomic E-state index is -0.127. The minimum absolute atomic E-state index is 0.0651. The summed E-state index contributed by atoms with van der Waals surface area (Å²) in [5.74, 6) is 0.433. The molecule has 6 aromatic rings. The largest absolute Gasteiger partial charge is 0.337 e. The van der Waals surface area contributed by atoms with Gasteiger partial charge >= 0.3 is 0 Å². The summed E-state index contributed by atoms with van der Waals surface area (Å²) < 4.78 is 0. The maximum Gasteiger partial charge on any atom is 0.226 e. The second kappa shape index (κ2) is 8.66. The molecular formula is C26H21N9O. The van der Waals surface area contributed by atoms with E-state index in [1.165, 1.54) is 0 Å². The molecule has 6 aromatic heterocycles. The normalized spacial score (nSPS) is 11.4. The maximum atomic E-state index is 12.1. The van der Waals surface area contributed by atoms with E-state index in [2.05, 4.69) is 40.4 Å². The van der Waals surface area contributed by atoms with Crippen LogP contribution in [-0.4, -0.2) is 46.0 Å². The molecule has 6 heterocycles. The van der Waals surface area contributed by atoms with E-state index in [9.17, 15) is 4.79 Å². The maximum absolute atomic E-state index is 12.1. The lowest BCUT2D eigenvalue weighted by molar-refractivity contribution is -0.118. The van der Waals surface area contributed by atoms with Crippen LogP contribution in [0.15, 0.2) is 67.5 Å². The number of nitrogens with one attached hydrogen (secondary N) is 3. The number of fused-ring (bicyclic) bond motifs is 2. The van der Waals surface area contributed by atoms with Gasteiger partial charge in [0.1, 0.15) is 11.2 Å². The number of pyridine rings is 4. The first-order valence-corrected chi connectivity index (χ1v) is 11.4. The van der Waals surface area contributed by atoms with Gasteiger partial charge in [0.2, 0.25) is 5.91 Å². The minimum Gasteiger partial charge on any atom is -0.337 e. The Balaban J connectivity index is 1.41. The van der Waals surface area contributed by atoms with Gasteiger partial charge in [-0.3, -0.25) is 24.8 Å². The zero-order valence-electron chi connectivity index (χ0n) is 19.5. The van der Waals surface area contributed by atoms with Crippen LogP contribution in [-0.2, 0) is 4.79 Å². The quantitative estimate of drug-likeness (QED) is 0.331. The molecule has 0 saturated carbocycles. The molecule has 0 unspecified atom stereocenters. The number of nitrogens with zero attached hydrogens (tertiary/aromatic N) is 6. The molecule has 0 spiro atoms. The predicted octanol–water partition coefficient (Wildman–Crippen LogP) is 4.61. The SMILES string of the molecule is CC(C)C(=O)Nc1cncc(-c2cnc3n[nH]c(-c4nc5c(-c6cccnc6)nccc5[nH]4)c3c2)c1. The summed E-state index contributed by atoms with van der Waals surface area (Å²) in [6.45, 7) is 3.69. The van der Waals surface area contributed by atoms with Gasteiger partial charge in [0, 0.05) is 53.6 Å². The van der Waals surface area contributed by atoms with Gasteiger partial charge < -0.3 is 10.3 Å². The molecule has 10 heteroatoms. The molecule has 0 aliphatic rings. The van der Waals surface area contributed by atoms with Gasteiger partial charge in [-0.25, -0.2) is 9.97 Å². The number of H-pyrrole nitrogens is 2. The van der Waals surface area contributed by atoms with Crippen LogP contribution in [0.2, 0.25) is 0 Å². The number of aromatic amines is 2. The highest BCUT2D eigenvalue weighted by Gasteiger charge is 2.17. The lowest BCUT2D eigenvalue weighted by Gasteiger charge is -2.09. The number of hydrogen-bond donors (Lipinski definition) is 3. The van der Waals surface area contributed by atoms with E-state index >= 15 is 0 Å². The third-order valence-corrected chi connectivity index (χ3v) is 5.85. The molecule has 0 aromatic carbocycles. The number of rotatable bonds is 5. The molecule has 0 aliphatic heterocycles. The predicted molar refractivity (Wildman–Crippen MR) is 137 cm³/mol. The van der Waals surface area contributed by atoms with Crippen LogP contribution in [0, 0.1) is 5.92 Å². The van der Waals surface area contributed by atoms with Gasteiger partial charge in [-0.05, 0) is 30.3 Å². The third kappa shape index (κ3) is 3.84. The topological polar surface area (TPSA) is 138 Å². The van der Waals surface area contributed by atoms with Crippen LogP contribution in [0.4, 0.5) is 5.69 Å². The van der Waals surface area contributed by atoms with Crippen molar-refractivity contribution in [3.05, 3.63) is 67.5 Å². The van der Waals surface area contributed by atoms with E-state index in [1.807, 2.05) is 44.2 Å². The highest BCUT2D eigenvalue weighted by atomic mass is 16.1. The Bertz CT molecular complexity index is 1720. The summed E-state index contributed by atoms with van der Waals surface area (Å²) in [5.41, 5.74) is 6.80. The molecule has 36 heavy (non-hydrogen) atoms. The van der Waals surface area contributed by atoms with Crippen molar-refractivity contribution >= 4 is 33.7 Å². The van der Waals surface area contributed by atoms with E-state index in [0.29, 0.717) is 22.9 Å².